The predicted molar refractivity (Wildman–Crippen MR) is 138 cm³/mol. The summed E-state index contributed by atoms with van der Waals surface area (Å²) in [7, 11) is 0. The second kappa shape index (κ2) is 13.1. The van der Waals surface area contributed by atoms with E-state index in [1.165, 1.54) is 41.3 Å². The van der Waals surface area contributed by atoms with Crippen LogP contribution in [-0.2, 0) is 14.4 Å². The van der Waals surface area contributed by atoms with E-state index in [-0.39, 0.29) is 39.0 Å². The van der Waals surface area contributed by atoms with E-state index in [9.17, 15) is 23.5 Å². The van der Waals surface area contributed by atoms with Crippen molar-refractivity contribution in [2.45, 2.75) is 31.1 Å². The fourth-order valence-electron chi connectivity index (χ4n) is 2.84. The molecule has 0 radical (unpaired) electrons. The lowest BCUT2D eigenvalue weighted by molar-refractivity contribution is -0.134. The first-order chi connectivity index (χ1) is 17.2. The Morgan fingerprint density at radius 3 is 2.27 bits per heavy atom. The van der Waals surface area contributed by atoms with Gasteiger partial charge in [0.1, 0.15) is 11.0 Å². The van der Waals surface area contributed by atoms with Gasteiger partial charge in [-0.05, 0) is 43.3 Å². The summed E-state index contributed by atoms with van der Waals surface area (Å²) in [5.41, 5.74) is -3.24. The third kappa shape index (κ3) is 9.54. The van der Waals surface area contributed by atoms with Crippen LogP contribution < -0.4 is 10.1 Å². The summed E-state index contributed by atoms with van der Waals surface area (Å²) in [6.07, 6.45) is -0.0693. The van der Waals surface area contributed by atoms with Gasteiger partial charge in [-0.3, -0.25) is 19.3 Å². The first-order valence-electron chi connectivity index (χ1n) is 10.3. The molecule has 3 N–H and O–H groups in total. The van der Waals surface area contributed by atoms with E-state index in [1.807, 2.05) is 0 Å². The van der Waals surface area contributed by atoms with Gasteiger partial charge >= 0.3 is 5.57 Å². The molecule has 1 fully saturated rings. The SMILES string of the molecule is CC(=O)O.CCN1C(=O)CC(C(=O)Nc2ccc(OC(F)(F)Cl)cc2)SC1=Nc1cc(Cl)c(O)c(Cl)c1. The molecule has 2 aromatic rings. The van der Waals surface area contributed by atoms with E-state index in [0.29, 0.717) is 17.9 Å². The van der Waals surface area contributed by atoms with Crippen molar-refractivity contribution in [3.05, 3.63) is 46.4 Å². The molecule has 200 valence electrons. The largest absolute Gasteiger partial charge is 0.505 e. The van der Waals surface area contributed by atoms with Gasteiger partial charge in [0.05, 0.1) is 15.7 Å². The number of alkyl halides is 3. The second-order valence-electron chi connectivity index (χ2n) is 7.18. The van der Waals surface area contributed by atoms with Gasteiger partial charge in [-0.2, -0.15) is 0 Å². The zero-order chi connectivity index (χ0) is 27.9. The molecule has 1 aliphatic heterocycles. The van der Waals surface area contributed by atoms with Gasteiger partial charge in [0.2, 0.25) is 11.8 Å². The molecular weight excluding hydrogens is 579 g/mol. The number of aliphatic carboxylic acids is 1. The molecule has 1 aliphatic rings. The summed E-state index contributed by atoms with van der Waals surface area (Å²) < 4.78 is 29.7. The number of nitrogens with one attached hydrogen (secondary N) is 1. The Balaban J connectivity index is 0.00000112. The second-order valence-corrected chi connectivity index (χ2v) is 9.61. The van der Waals surface area contributed by atoms with Gasteiger partial charge in [-0.1, -0.05) is 35.0 Å². The molecule has 0 spiro atoms. The summed E-state index contributed by atoms with van der Waals surface area (Å²) in [5.74, 6) is -2.09. The van der Waals surface area contributed by atoms with Crippen LogP contribution in [0.15, 0.2) is 41.4 Å². The van der Waals surface area contributed by atoms with E-state index in [0.717, 1.165) is 18.7 Å². The minimum absolute atomic E-state index is 0.00863. The number of anilines is 1. The average molecular weight is 599 g/mol. The fourth-order valence-corrected chi connectivity index (χ4v) is 4.57. The highest BCUT2D eigenvalue weighted by atomic mass is 35.5. The quantitative estimate of drug-likeness (QED) is 0.351. The van der Waals surface area contributed by atoms with Gasteiger partial charge < -0.3 is 20.3 Å². The van der Waals surface area contributed by atoms with E-state index in [4.69, 9.17) is 44.7 Å². The number of aromatic hydroxyl groups is 1. The fraction of sp³-hybridized carbons (Fsp3) is 0.273. The predicted octanol–water partition coefficient (Wildman–Crippen LogP) is 5.94. The number of carbonyl (C=O) groups excluding carboxylic acids is 2. The Morgan fingerprint density at radius 1 is 1.24 bits per heavy atom. The van der Waals surface area contributed by atoms with Crippen molar-refractivity contribution in [1.29, 1.82) is 0 Å². The number of benzene rings is 2. The normalized spacial score (nSPS) is 16.6. The first kappa shape index (κ1) is 30.4. The van der Waals surface area contributed by atoms with E-state index in [1.54, 1.807) is 6.92 Å². The average Bonchev–Trinajstić information content (AvgIpc) is 2.77. The number of carboxylic acids is 1. The Hall–Kier alpha value is -2.80. The number of nitrogens with zero attached hydrogens (tertiary/aromatic N) is 2. The van der Waals surface area contributed by atoms with Crippen molar-refractivity contribution in [2.75, 3.05) is 11.9 Å². The lowest BCUT2D eigenvalue weighted by Crippen LogP contribution is -2.45. The number of rotatable bonds is 6. The Labute approximate surface area is 229 Å². The topological polar surface area (TPSA) is 129 Å². The van der Waals surface area contributed by atoms with Crippen molar-refractivity contribution in [3.63, 3.8) is 0 Å². The highest BCUT2D eigenvalue weighted by Gasteiger charge is 2.35. The Morgan fingerprint density at radius 2 is 1.78 bits per heavy atom. The highest BCUT2D eigenvalue weighted by molar-refractivity contribution is 8.15. The van der Waals surface area contributed by atoms with Crippen LogP contribution >= 0.6 is 46.6 Å². The molecule has 2 aromatic carbocycles. The molecule has 1 saturated heterocycles. The molecule has 3 rings (SSSR count). The van der Waals surface area contributed by atoms with Crippen LogP contribution in [0.25, 0.3) is 0 Å². The van der Waals surface area contributed by atoms with Crippen molar-refractivity contribution in [1.82, 2.24) is 4.90 Å². The molecule has 1 unspecified atom stereocenters. The first-order valence-corrected chi connectivity index (χ1v) is 12.3. The Bertz CT molecular complexity index is 1170. The lowest BCUT2D eigenvalue weighted by atomic mass is 10.2. The summed E-state index contributed by atoms with van der Waals surface area (Å²) in [5, 5.41) is 19.2. The van der Waals surface area contributed by atoms with Crippen LogP contribution in [-0.4, -0.2) is 55.4 Å². The number of carboxylic acid groups (broad SMARTS) is 1. The molecule has 0 aromatic heterocycles. The zero-order valence-electron chi connectivity index (χ0n) is 19.2. The number of amides is 2. The molecule has 37 heavy (non-hydrogen) atoms. The molecule has 1 atom stereocenters. The lowest BCUT2D eigenvalue weighted by Gasteiger charge is -2.31. The van der Waals surface area contributed by atoms with Crippen LogP contribution in [0.3, 0.4) is 0 Å². The standard InChI is InChI=1S/C20H16Cl3F2N3O4S.C2H4O2/c1-2-28-16(29)9-15(33-19(28)27-11-7-13(21)17(30)14(22)8-11)18(31)26-10-3-5-12(6-4-10)32-20(23,24)25;1-2(3)4/h3-8,15,30H,2,9H2,1H3,(H,26,31);1H3,(H,3,4). The molecule has 2 amide bonds. The Kier molecular flexibility index (Phi) is 10.8. The van der Waals surface area contributed by atoms with Crippen molar-refractivity contribution in [2.24, 2.45) is 4.99 Å². The minimum Gasteiger partial charge on any atom is -0.505 e. The number of hydrogen-bond donors (Lipinski definition) is 3. The summed E-state index contributed by atoms with van der Waals surface area (Å²) in [6.45, 7) is 3.17. The number of carbonyl (C=O) groups is 3. The number of ether oxygens (including phenoxy) is 1. The third-order valence-electron chi connectivity index (χ3n) is 4.33. The molecular formula is C22H20Cl3F2N3O6S. The number of aliphatic imine (C=N–C) groups is 1. The van der Waals surface area contributed by atoms with Crippen LogP contribution in [0.1, 0.15) is 20.3 Å². The molecule has 1 heterocycles. The molecule has 0 saturated carbocycles. The number of phenols is 1. The molecule has 15 heteroatoms. The third-order valence-corrected chi connectivity index (χ3v) is 6.17. The molecule has 0 bridgehead atoms. The van der Waals surface area contributed by atoms with Crippen LogP contribution in [0.2, 0.25) is 10.0 Å². The number of hydrogen-bond acceptors (Lipinski definition) is 7. The van der Waals surface area contributed by atoms with E-state index >= 15 is 0 Å². The van der Waals surface area contributed by atoms with Gasteiger partial charge in [-0.25, -0.2) is 4.99 Å². The van der Waals surface area contributed by atoms with Crippen LogP contribution in [0, 0.1) is 0 Å². The van der Waals surface area contributed by atoms with Gasteiger partial charge in [0.15, 0.2) is 10.9 Å². The van der Waals surface area contributed by atoms with Gasteiger partial charge in [0, 0.05) is 37.2 Å². The monoisotopic (exact) mass is 597 g/mol. The zero-order valence-corrected chi connectivity index (χ0v) is 22.3. The van der Waals surface area contributed by atoms with Gasteiger partial charge in [0.25, 0.3) is 5.97 Å². The smallest absolute Gasteiger partial charge is 0.487 e. The number of phenolic OH excluding ortho intramolecular Hbond substituents is 1. The van der Waals surface area contributed by atoms with Crippen molar-refractivity contribution in [3.8, 4) is 11.5 Å². The molecule has 0 aliphatic carbocycles. The maximum atomic E-state index is 12.8. The summed E-state index contributed by atoms with van der Waals surface area (Å²) in [6, 6.07) is 7.92. The van der Waals surface area contributed by atoms with Crippen LogP contribution in [0.5, 0.6) is 11.5 Å². The van der Waals surface area contributed by atoms with Crippen molar-refractivity contribution < 1.29 is 38.1 Å². The maximum Gasteiger partial charge on any atom is 0.487 e. The number of thioether (sulfide) groups is 1. The van der Waals surface area contributed by atoms with Gasteiger partial charge in [-0.15, -0.1) is 8.78 Å². The molecule has 9 nitrogen and oxygen atoms in total. The van der Waals surface area contributed by atoms with Crippen LogP contribution in [0.4, 0.5) is 20.2 Å². The summed E-state index contributed by atoms with van der Waals surface area (Å²) in [4.78, 5) is 40.2. The van der Waals surface area contributed by atoms with Crippen molar-refractivity contribution >= 4 is 80.9 Å². The summed E-state index contributed by atoms with van der Waals surface area (Å²) >= 11 is 17.7. The highest BCUT2D eigenvalue weighted by Crippen LogP contribution is 2.37. The number of amidine groups is 1. The van der Waals surface area contributed by atoms with E-state index in [2.05, 4.69) is 15.0 Å². The van der Waals surface area contributed by atoms with E-state index < -0.39 is 22.7 Å². The number of halogens is 5. The minimum atomic E-state index is -3.85. The maximum absolute atomic E-state index is 12.8.